The molecular weight excluding hydrogens is 422 g/mol. The first-order chi connectivity index (χ1) is 16.1. The number of carbonyl (C=O) groups is 2. The van der Waals surface area contributed by atoms with E-state index < -0.39 is 5.97 Å². The lowest BCUT2D eigenvalue weighted by molar-refractivity contribution is 0.0644. The molecular formula is C26H25NO6. The Morgan fingerprint density at radius 1 is 0.939 bits per heavy atom. The van der Waals surface area contributed by atoms with E-state index in [0.717, 1.165) is 19.4 Å². The van der Waals surface area contributed by atoms with Crippen molar-refractivity contribution in [3.8, 4) is 17.2 Å². The second-order valence-corrected chi connectivity index (χ2v) is 7.51. The van der Waals surface area contributed by atoms with E-state index in [0.29, 0.717) is 40.7 Å². The van der Waals surface area contributed by atoms with E-state index in [-0.39, 0.29) is 12.0 Å². The average Bonchev–Trinajstić information content (AvgIpc) is 3.38. The quantitative estimate of drug-likeness (QED) is 0.397. The highest BCUT2D eigenvalue weighted by atomic mass is 16.5. The van der Waals surface area contributed by atoms with Crippen LogP contribution in [0.1, 0.15) is 33.6 Å². The van der Waals surface area contributed by atoms with Crippen molar-refractivity contribution in [2.45, 2.75) is 18.9 Å². The Morgan fingerprint density at radius 3 is 2.33 bits per heavy atom. The number of ether oxygens (including phenoxy) is 4. The maximum Gasteiger partial charge on any atom is 0.347 e. The molecule has 1 amide bonds. The molecule has 1 saturated heterocycles. The van der Waals surface area contributed by atoms with Gasteiger partial charge in [-0.15, -0.1) is 0 Å². The van der Waals surface area contributed by atoms with Gasteiger partial charge in [0.2, 0.25) is 0 Å². The van der Waals surface area contributed by atoms with E-state index in [4.69, 9.17) is 18.9 Å². The van der Waals surface area contributed by atoms with Gasteiger partial charge < -0.3 is 24.3 Å². The monoisotopic (exact) mass is 447 g/mol. The molecule has 4 rings (SSSR count). The number of rotatable bonds is 8. The van der Waals surface area contributed by atoms with Crippen molar-refractivity contribution >= 4 is 17.6 Å². The standard InChI is InChI=1S/C26H25NO6/c1-30-23-10-4-2-8-21(23)25(28)27-18-12-14-19(15-13-18)33-26(29)22-9-3-5-11-24(22)32-17-20-7-6-16-31-20/h2-5,8-15,20H,6-7,16-17H2,1H3,(H,27,28). The molecule has 1 unspecified atom stereocenters. The van der Waals surface area contributed by atoms with Crippen molar-refractivity contribution in [3.05, 3.63) is 83.9 Å². The van der Waals surface area contributed by atoms with Gasteiger partial charge in [-0.25, -0.2) is 4.79 Å². The molecule has 3 aromatic carbocycles. The molecule has 0 bridgehead atoms. The number of nitrogens with one attached hydrogen (secondary N) is 1. The molecule has 1 aliphatic rings. The van der Waals surface area contributed by atoms with Gasteiger partial charge in [0.1, 0.15) is 29.4 Å². The highest BCUT2D eigenvalue weighted by Gasteiger charge is 2.19. The van der Waals surface area contributed by atoms with Crippen LogP contribution in [0.4, 0.5) is 5.69 Å². The maximum atomic E-state index is 12.7. The highest BCUT2D eigenvalue weighted by molar-refractivity contribution is 6.06. The second-order valence-electron chi connectivity index (χ2n) is 7.51. The van der Waals surface area contributed by atoms with Crippen LogP contribution in [0.25, 0.3) is 0 Å². The van der Waals surface area contributed by atoms with Crippen LogP contribution in [0, 0.1) is 0 Å². The molecule has 33 heavy (non-hydrogen) atoms. The summed E-state index contributed by atoms with van der Waals surface area (Å²) in [6.07, 6.45) is 2.02. The number of hydrogen-bond acceptors (Lipinski definition) is 6. The summed E-state index contributed by atoms with van der Waals surface area (Å²) in [5.41, 5.74) is 1.32. The zero-order valence-electron chi connectivity index (χ0n) is 18.3. The van der Waals surface area contributed by atoms with E-state index in [1.165, 1.54) is 7.11 Å². The molecule has 0 spiro atoms. The smallest absolute Gasteiger partial charge is 0.347 e. The van der Waals surface area contributed by atoms with Crippen molar-refractivity contribution in [2.24, 2.45) is 0 Å². The molecule has 0 radical (unpaired) electrons. The lowest BCUT2D eigenvalue weighted by atomic mass is 10.2. The third kappa shape index (κ3) is 5.70. The lowest BCUT2D eigenvalue weighted by Crippen LogP contribution is -2.18. The highest BCUT2D eigenvalue weighted by Crippen LogP contribution is 2.24. The first kappa shape index (κ1) is 22.4. The summed E-state index contributed by atoms with van der Waals surface area (Å²) in [7, 11) is 1.51. The average molecular weight is 447 g/mol. The van der Waals surface area contributed by atoms with Crippen LogP contribution in [-0.4, -0.2) is 38.3 Å². The molecule has 7 nitrogen and oxygen atoms in total. The molecule has 1 aliphatic heterocycles. The Labute approximate surface area is 192 Å². The van der Waals surface area contributed by atoms with Crippen LogP contribution in [0.3, 0.4) is 0 Å². The third-order valence-corrected chi connectivity index (χ3v) is 5.23. The second kappa shape index (κ2) is 10.7. The number of carbonyl (C=O) groups excluding carboxylic acids is 2. The van der Waals surface area contributed by atoms with Crippen LogP contribution in [-0.2, 0) is 4.74 Å². The minimum Gasteiger partial charge on any atom is -0.496 e. The molecule has 0 aliphatic carbocycles. The summed E-state index contributed by atoms with van der Waals surface area (Å²) in [5, 5.41) is 2.81. The van der Waals surface area contributed by atoms with E-state index in [2.05, 4.69) is 5.32 Å². The van der Waals surface area contributed by atoms with Gasteiger partial charge in [0.15, 0.2) is 0 Å². The Kier molecular flexibility index (Phi) is 7.22. The predicted octanol–water partition coefficient (Wildman–Crippen LogP) is 4.72. The minimum absolute atomic E-state index is 0.0488. The summed E-state index contributed by atoms with van der Waals surface area (Å²) in [5.74, 6) is 0.474. The van der Waals surface area contributed by atoms with E-state index in [1.54, 1.807) is 72.8 Å². The predicted molar refractivity (Wildman–Crippen MR) is 123 cm³/mol. The van der Waals surface area contributed by atoms with E-state index in [1.807, 2.05) is 0 Å². The largest absolute Gasteiger partial charge is 0.496 e. The van der Waals surface area contributed by atoms with Gasteiger partial charge in [0, 0.05) is 12.3 Å². The van der Waals surface area contributed by atoms with Crippen molar-refractivity contribution in [1.29, 1.82) is 0 Å². The summed E-state index contributed by atoms with van der Waals surface area (Å²) >= 11 is 0. The van der Waals surface area contributed by atoms with Crippen LogP contribution >= 0.6 is 0 Å². The van der Waals surface area contributed by atoms with Gasteiger partial charge in [-0.1, -0.05) is 24.3 Å². The molecule has 1 atom stereocenters. The van der Waals surface area contributed by atoms with Gasteiger partial charge in [0.05, 0.1) is 18.8 Å². The first-order valence-corrected chi connectivity index (χ1v) is 10.7. The number of hydrogen-bond donors (Lipinski definition) is 1. The molecule has 3 aromatic rings. The first-order valence-electron chi connectivity index (χ1n) is 10.7. The topological polar surface area (TPSA) is 83.1 Å². The van der Waals surface area contributed by atoms with Crippen molar-refractivity contribution < 1.29 is 28.5 Å². The van der Waals surface area contributed by atoms with Gasteiger partial charge in [-0.2, -0.15) is 0 Å². The molecule has 0 saturated carbocycles. The summed E-state index contributed by atoms with van der Waals surface area (Å²) in [4.78, 5) is 25.3. The Bertz CT molecular complexity index is 1110. The minimum atomic E-state index is -0.524. The Morgan fingerprint density at radius 2 is 1.64 bits per heavy atom. The van der Waals surface area contributed by atoms with Gasteiger partial charge >= 0.3 is 5.97 Å². The number of methoxy groups -OCH3 is 1. The zero-order valence-corrected chi connectivity index (χ0v) is 18.3. The summed E-state index contributed by atoms with van der Waals surface area (Å²) in [6.45, 7) is 1.14. The van der Waals surface area contributed by atoms with Crippen molar-refractivity contribution in [1.82, 2.24) is 0 Å². The molecule has 1 N–H and O–H groups in total. The van der Waals surface area contributed by atoms with Gasteiger partial charge in [-0.05, 0) is 61.4 Å². The normalized spacial score (nSPS) is 15.0. The number of anilines is 1. The van der Waals surface area contributed by atoms with Crippen LogP contribution in [0.5, 0.6) is 17.2 Å². The van der Waals surface area contributed by atoms with Crippen LogP contribution in [0.2, 0.25) is 0 Å². The van der Waals surface area contributed by atoms with E-state index in [9.17, 15) is 9.59 Å². The van der Waals surface area contributed by atoms with Crippen molar-refractivity contribution in [3.63, 3.8) is 0 Å². The zero-order chi connectivity index (χ0) is 23.0. The summed E-state index contributed by atoms with van der Waals surface area (Å²) in [6, 6.07) is 20.5. The number of esters is 1. The fourth-order valence-electron chi connectivity index (χ4n) is 3.52. The van der Waals surface area contributed by atoms with Crippen molar-refractivity contribution in [2.75, 3.05) is 25.6 Å². The Balaban J connectivity index is 1.38. The number of para-hydroxylation sites is 2. The van der Waals surface area contributed by atoms with Crippen LogP contribution in [0.15, 0.2) is 72.8 Å². The van der Waals surface area contributed by atoms with E-state index >= 15 is 0 Å². The summed E-state index contributed by atoms with van der Waals surface area (Å²) < 4.78 is 22.1. The molecule has 1 fully saturated rings. The van der Waals surface area contributed by atoms with Gasteiger partial charge in [-0.3, -0.25) is 4.79 Å². The molecule has 7 heteroatoms. The van der Waals surface area contributed by atoms with Crippen LogP contribution < -0.4 is 19.5 Å². The molecule has 170 valence electrons. The SMILES string of the molecule is COc1ccccc1C(=O)Nc1ccc(OC(=O)c2ccccc2OCC2CCCO2)cc1. The fourth-order valence-corrected chi connectivity index (χ4v) is 3.52. The third-order valence-electron chi connectivity index (χ3n) is 5.23. The maximum absolute atomic E-state index is 12.7. The number of amides is 1. The molecule has 1 heterocycles. The number of benzene rings is 3. The lowest BCUT2D eigenvalue weighted by Gasteiger charge is -2.14. The fraction of sp³-hybridized carbons (Fsp3) is 0.231. The van der Waals surface area contributed by atoms with Gasteiger partial charge in [0.25, 0.3) is 5.91 Å². The molecule has 0 aromatic heterocycles. The Hall–Kier alpha value is -3.84.